The molecule has 0 spiro atoms. The number of rotatable bonds is 3. The number of aromatic nitrogens is 1. The van der Waals surface area contributed by atoms with Gasteiger partial charge in [0.25, 0.3) is 5.91 Å². The van der Waals surface area contributed by atoms with Crippen molar-refractivity contribution < 1.29 is 27.5 Å². The van der Waals surface area contributed by atoms with Crippen molar-refractivity contribution in [2.45, 2.75) is 25.1 Å². The highest BCUT2D eigenvalue weighted by atomic mass is 19.4. The summed E-state index contributed by atoms with van der Waals surface area (Å²) in [6, 6.07) is 11.6. The summed E-state index contributed by atoms with van der Waals surface area (Å²) in [5.74, 6) is -1.17. The van der Waals surface area contributed by atoms with Crippen LogP contribution < -0.4 is 5.32 Å². The summed E-state index contributed by atoms with van der Waals surface area (Å²) in [5, 5.41) is 3.42. The van der Waals surface area contributed by atoms with Crippen LogP contribution >= 0.6 is 0 Å². The van der Waals surface area contributed by atoms with Gasteiger partial charge in [-0.2, -0.15) is 13.2 Å². The smallest absolute Gasteiger partial charge is 0.416 e. The Hall–Kier alpha value is -3.42. The summed E-state index contributed by atoms with van der Waals surface area (Å²) < 4.78 is 44.8. The Morgan fingerprint density at radius 3 is 2.66 bits per heavy atom. The molecule has 2 aromatic carbocycles. The SMILES string of the molecule is O=C1CCC(c2ccc(C(F)(F)F)cc2C(=O)Nc2cccc3cccnc23)O1. The molecule has 29 heavy (non-hydrogen) atoms. The van der Waals surface area contributed by atoms with Crippen molar-refractivity contribution in [2.24, 2.45) is 0 Å². The van der Waals surface area contributed by atoms with Crippen LogP contribution in [0, 0.1) is 0 Å². The first-order chi connectivity index (χ1) is 13.8. The Kier molecular flexibility index (Phi) is 4.70. The van der Waals surface area contributed by atoms with Gasteiger partial charge < -0.3 is 10.1 Å². The highest BCUT2D eigenvalue weighted by molar-refractivity contribution is 6.09. The van der Waals surface area contributed by atoms with Gasteiger partial charge >= 0.3 is 12.1 Å². The largest absolute Gasteiger partial charge is 0.457 e. The third-order valence-electron chi connectivity index (χ3n) is 4.74. The third kappa shape index (κ3) is 3.78. The molecule has 0 bridgehead atoms. The van der Waals surface area contributed by atoms with Crippen LogP contribution in [0.25, 0.3) is 10.9 Å². The highest BCUT2D eigenvalue weighted by Gasteiger charge is 2.34. The number of anilines is 1. The fourth-order valence-corrected chi connectivity index (χ4v) is 3.35. The van der Waals surface area contributed by atoms with Crippen LogP contribution in [0.15, 0.2) is 54.7 Å². The lowest BCUT2D eigenvalue weighted by Crippen LogP contribution is -2.18. The minimum Gasteiger partial charge on any atom is -0.457 e. The maximum absolute atomic E-state index is 13.2. The van der Waals surface area contributed by atoms with Gasteiger partial charge in [0.05, 0.1) is 16.8 Å². The molecule has 148 valence electrons. The van der Waals surface area contributed by atoms with Gasteiger partial charge in [-0.15, -0.1) is 0 Å². The second kappa shape index (κ2) is 7.20. The van der Waals surface area contributed by atoms with Gasteiger partial charge in [0.2, 0.25) is 0 Å². The average molecular weight is 400 g/mol. The van der Waals surface area contributed by atoms with Gasteiger partial charge in [-0.1, -0.05) is 24.3 Å². The standard InChI is InChI=1S/C21H15F3N2O3/c22-21(23,24)13-6-7-14(17-8-9-18(27)29-17)15(11-13)20(28)26-16-5-1-3-12-4-2-10-25-19(12)16/h1-7,10-11,17H,8-9H2,(H,26,28). The number of cyclic esters (lactones) is 1. The lowest BCUT2D eigenvalue weighted by atomic mass is 9.97. The summed E-state index contributed by atoms with van der Waals surface area (Å²) >= 11 is 0. The molecule has 8 heteroatoms. The van der Waals surface area contributed by atoms with Crippen molar-refractivity contribution >= 4 is 28.5 Å². The number of hydrogen-bond donors (Lipinski definition) is 1. The zero-order valence-electron chi connectivity index (χ0n) is 15.0. The molecule has 1 aromatic heterocycles. The second-order valence-corrected chi connectivity index (χ2v) is 6.65. The molecule has 5 nitrogen and oxygen atoms in total. The molecular formula is C21H15F3N2O3. The molecule has 0 radical (unpaired) electrons. The lowest BCUT2D eigenvalue weighted by molar-refractivity contribution is -0.142. The summed E-state index contributed by atoms with van der Waals surface area (Å²) in [5.41, 5.74) is -0.00202. The van der Waals surface area contributed by atoms with Gasteiger partial charge in [-0.25, -0.2) is 0 Å². The van der Waals surface area contributed by atoms with E-state index in [1.54, 1.807) is 24.4 Å². The quantitative estimate of drug-likeness (QED) is 0.636. The normalized spacial score (nSPS) is 16.7. The topological polar surface area (TPSA) is 68.3 Å². The number of amides is 1. The van der Waals surface area contributed by atoms with E-state index >= 15 is 0 Å². The van der Waals surface area contributed by atoms with Crippen LogP contribution in [0.4, 0.5) is 18.9 Å². The van der Waals surface area contributed by atoms with E-state index in [9.17, 15) is 22.8 Å². The number of alkyl halides is 3. The van der Waals surface area contributed by atoms with E-state index in [-0.39, 0.29) is 17.5 Å². The minimum atomic E-state index is -4.61. The van der Waals surface area contributed by atoms with E-state index in [1.807, 2.05) is 12.1 Å². The number of esters is 1. The zero-order valence-corrected chi connectivity index (χ0v) is 15.0. The number of nitrogens with zero attached hydrogens (tertiary/aromatic N) is 1. The Labute approximate surface area is 163 Å². The van der Waals surface area contributed by atoms with Gasteiger partial charge in [0.15, 0.2) is 0 Å². The third-order valence-corrected chi connectivity index (χ3v) is 4.74. The first kappa shape index (κ1) is 18.9. The maximum Gasteiger partial charge on any atom is 0.416 e. The molecule has 4 rings (SSSR count). The number of carbonyl (C=O) groups is 2. The summed E-state index contributed by atoms with van der Waals surface area (Å²) in [6.07, 6.45) is -3.34. The van der Waals surface area contributed by atoms with Crippen molar-refractivity contribution in [2.75, 3.05) is 5.32 Å². The van der Waals surface area contributed by atoms with Crippen molar-refractivity contribution in [1.82, 2.24) is 4.98 Å². The molecule has 3 aromatic rings. The highest BCUT2D eigenvalue weighted by Crippen LogP contribution is 2.36. The van der Waals surface area contributed by atoms with E-state index in [0.29, 0.717) is 17.6 Å². The molecule has 0 aliphatic carbocycles. The van der Waals surface area contributed by atoms with E-state index in [4.69, 9.17) is 4.74 Å². The van der Waals surface area contributed by atoms with E-state index in [2.05, 4.69) is 10.3 Å². The summed E-state index contributed by atoms with van der Waals surface area (Å²) in [4.78, 5) is 28.6. The number of fused-ring (bicyclic) bond motifs is 1. The van der Waals surface area contributed by atoms with Gasteiger partial charge in [0, 0.05) is 29.1 Å². The number of pyridine rings is 1. The number of ether oxygens (including phenoxy) is 1. The molecule has 1 saturated heterocycles. The molecule has 1 aliphatic rings. The van der Waals surface area contributed by atoms with E-state index < -0.39 is 29.7 Å². The molecule has 1 atom stereocenters. The van der Waals surface area contributed by atoms with Gasteiger partial charge in [-0.3, -0.25) is 14.6 Å². The molecule has 1 N–H and O–H groups in total. The van der Waals surface area contributed by atoms with Crippen LogP contribution in [-0.4, -0.2) is 16.9 Å². The van der Waals surface area contributed by atoms with Crippen molar-refractivity contribution in [1.29, 1.82) is 0 Å². The van der Waals surface area contributed by atoms with Gasteiger partial charge in [0.1, 0.15) is 6.10 Å². The molecule has 1 fully saturated rings. The number of carbonyl (C=O) groups excluding carboxylic acids is 2. The summed E-state index contributed by atoms with van der Waals surface area (Å²) in [6.45, 7) is 0. The summed E-state index contributed by atoms with van der Waals surface area (Å²) in [7, 11) is 0. The Balaban J connectivity index is 1.75. The van der Waals surface area contributed by atoms with Gasteiger partial charge in [-0.05, 0) is 30.7 Å². The van der Waals surface area contributed by atoms with Crippen LogP contribution in [0.3, 0.4) is 0 Å². The lowest BCUT2D eigenvalue weighted by Gasteiger charge is -2.17. The Morgan fingerprint density at radius 1 is 1.14 bits per heavy atom. The van der Waals surface area contributed by atoms with E-state index in [1.165, 1.54) is 6.07 Å². The number of halogens is 3. The molecule has 1 aliphatic heterocycles. The van der Waals surface area contributed by atoms with Crippen molar-refractivity contribution in [3.8, 4) is 0 Å². The number of nitrogens with one attached hydrogen (secondary N) is 1. The second-order valence-electron chi connectivity index (χ2n) is 6.65. The first-order valence-corrected chi connectivity index (χ1v) is 8.88. The Bertz CT molecular complexity index is 1110. The van der Waals surface area contributed by atoms with Crippen molar-refractivity contribution in [3.63, 3.8) is 0 Å². The predicted octanol–water partition coefficient (Wildman–Crippen LogP) is 4.88. The first-order valence-electron chi connectivity index (χ1n) is 8.88. The van der Waals surface area contributed by atoms with E-state index in [0.717, 1.165) is 17.5 Å². The number of benzene rings is 2. The molecule has 2 heterocycles. The van der Waals surface area contributed by atoms with Crippen LogP contribution in [-0.2, 0) is 15.7 Å². The zero-order chi connectivity index (χ0) is 20.6. The molecule has 1 amide bonds. The fourth-order valence-electron chi connectivity index (χ4n) is 3.35. The average Bonchev–Trinajstić information content (AvgIpc) is 3.13. The van der Waals surface area contributed by atoms with Crippen LogP contribution in [0.1, 0.15) is 40.4 Å². The predicted molar refractivity (Wildman–Crippen MR) is 99.2 cm³/mol. The van der Waals surface area contributed by atoms with Crippen molar-refractivity contribution in [3.05, 3.63) is 71.4 Å². The minimum absolute atomic E-state index is 0.153. The van der Waals surface area contributed by atoms with Crippen LogP contribution in [0.2, 0.25) is 0 Å². The van der Waals surface area contributed by atoms with Crippen LogP contribution in [0.5, 0.6) is 0 Å². The maximum atomic E-state index is 13.2. The monoisotopic (exact) mass is 400 g/mol. The molecule has 0 saturated carbocycles. The molecular weight excluding hydrogens is 385 g/mol. The number of hydrogen-bond acceptors (Lipinski definition) is 4. The fraction of sp³-hybridized carbons (Fsp3) is 0.190. The Morgan fingerprint density at radius 2 is 1.93 bits per heavy atom. The molecule has 1 unspecified atom stereocenters. The number of para-hydroxylation sites is 1.